The van der Waals surface area contributed by atoms with E-state index < -0.39 is 15.9 Å². The molecule has 32 heavy (non-hydrogen) atoms. The molecule has 6 nitrogen and oxygen atoms in total. The zero-order chi connectivity index (χ0) is 23.1. The third-order valence-electron chi connectivity index (χ3n) is 4.99. The molecule has 168 valence electrons. The summed E-state index contributed by atoms with van der Waals surface area (Å²) < 4.78 is 33.5. The van der Waals surface area contributed by atoms with Crippen LogP contribution in [0.3, 0.4) is 0 Å². The van der Waals surface area contributed by atoms with Gasteiger partial charge in [0.25, 0.3) is 10.0 Å². The average Bonchev–Trinajstić information content (AvgIpc) is 2.77. The first-order chi connectivity index (χ1) is 15.3. The Hall–Kier alpha value is -3.32. The number of nitrogens with one attached hydrogen (secondary N) is 1. The molecule has 0 spiro atoms. The molecule has 0 aliphatic carbocycles. The smallest absolute Gasteiger partial charge is 0.264 e. The summed E-state index contributed by atoms with van der Waals surface area (Å²) >= 11 is 0. The van der Waals surface area contributed by atoms with Crippen LogP contribution >= 0.6 is 0 Å². The van der Waals surface area contributed by atoms with Crippen LogP contribution in [-0.4, -0.2) is 34.0 Å². The molecule has 0 heterocycles. The van der Waals surface area contributed by atoms with Crippen molar-refractivity contribution in [3.05, 3.63) is 89.5 Å². The lowest BCUT2D eigenvalue weighted by Gasteiger charge is -2.24. The van der Waals surface area contributed by atoms with E-state index in [0.717, 1.165) is 26.7 Å². The quantitative estimate of drug-likeness (QED) is 0.498. The summed E-state index contributed by atoms with van der Waals surface area (Å²) in [4.78, 5) is 12.8. The third kappa shape index (κ3) is 5.88. The molecular formula is C25H28N2O4S. The molecule has 0 aromatic heterocycles. The van der Waals surface area contributed by atoms with Crippen molar-refractivity contribution in [2.24, 2.45) is 0 Å². The van der Waals surface area contributed by atoms with E-state index in [1.165, 1.54) is 0 Å². The molecule has 0 saturated carbocycles. The van der Waals surface area contributed by atoms with Gasteiger partial charge >= 0.3 is 0 Å². The van der Waals surface area contributed by atoms with E-state index >= 15 is 0 Å². The summed E-state index contributed by atoms with van der Waals surface area (Å²) in [6.45, 7) is 5.97. The second kappa shape index (κ2) is 10.3. The van der Waals surface area contributed by atoms with Gasteiger partial charge in [-0.3, -0.25) is 9.10 Å². The SMILES string of the molecule is Cc1ccc(N(CC(=O)NCCOc2ccccc2C)S(=O)(=O)c2ccc(C)cc2)cc1. The summed E-state index contributed by atoms with van der Waals surface area (Å²) in [7, 11) is -3.92. The normalized spacial score (nSPS) is 11.1. The lowest BCUT2D eigenvalue weighted by atomic mass is 10.2. The fourth-order valence-electron chi connectivity index (χ4n) is 3.12. The average molecular weight is 453 g/mol. The Kier molecular flexibility index (Phi) is 7.53. The predicted octanol–water partition coefficient (Wildman–Crippen LogP) is 4.00. The Bertz CT molecular complexity index is 1160. The number of hydrogen-bond donors (Lipinski definition) is 1. The van der Waals surface area contributed by atoms with Crippen molar-refractivity contribution >= 4 is 21.6 Å². The number of para-hydroxylation sites is 1. The van der Waals surface area contributed by atoms with Gasteiger partial charge in [0.15, 0.2) is 0 Å². The first-order valence-corrected chi connectivity index (χ1v) is 11.8. The number of ether oxygens (including phenoxy) is 1. The Morgan fingerprint density at radius 2 is 1.47 bits per heavy atom. The fraction of sp³-hybridized carbons (Fsp3) is 0.240. The molecule has 0 bridgehead atoms. The summed E-state index contributed by atoms with van der Waals surface area (Å²) in [5.41, 5.74) is 3.40. The van der Waals surface area contributed by atoms with Gasteiger partial charge in [0, 0.05) is 0 Å². The standard InChI is InChI=1S/C25H28N2O4S/c1-19-8-12-22(13-9-19)27(32(29,30)23-14-10-20(2)11-15-23)18-25(28)26-16-17-31-24-7-5-4-6-21(24)3/h4-15H,16-18H2,1-3H3,(H,26,28). The minimum Gasteiger partial charge on any atom is -0.491 e. The van der Waals surface area contributed by atoms with E-state index in [0.29, 0.717) is 5.69 Å². The number of carbonyl (C=O) groups is 1. The fourth-order valence-corrected chi connectivity index (χ4v) is 4.54. The highest BCUT2D eigenvalue weighted by atomic mass is 32.2. The van der Waals surface area contributed by atoms with E-state index in [9.17, 15) is 13.2 Å². The molecule has 0 unspecified atom stereocenters. The van der Waals surface area contributed by atoms with Crippen LogP contribution < -0.4 is 14.4 Å². The highest BCUT2D eigenvalue weighted by molar-refractivity contribution is 7.92. The molecule has 0 atom stereocenters. The van der Waals surface area contributed by atoms with Crippen LogP contribution in [-0.2, 0) is 14.8 Å². The first kappa shape index (κ1) is 23.3. The van der Waals surface area contributed by atoms with Gasteiger partial charge in [0.05, 0.1) is 17.1 Å². The second-order valence-corrected chi connectivity index (χ2v) is 9.49. The molecule has 3 aromatic rings. The van der Waals surface area contributed by atoms with E-state index in [1.807, 2.05) is 57.2 Å². The van der Waals surface area contributed by atoms with E-state index in [-0.39, 0.29) is 24.6 Å². The van der Waals surface area contributed by atoms with Crippen LogP contribution in [0.15, 0.2) is 77.7 Å². The maximum Gasteiger partial charge on any atom is 0.264 e. The number of hydrogen-bond acceptors (Lipinski definition) is 4. The van der Waals surface area contributed by atoms with Gasteiger partial charge in [-0.05, 0) is 56.7 Å². The molecule has 0 fully saturated rings. The molecule has 1 N–H and O–H groups in total. The van der Waals surface area contributed by atoms with Crippen molar-refractivity contribution in [1.29, 1.82) is 0 Å². The predicted molar refractivity (Wildman–Crippen MR) is 127 cm³/mol. The van der Waals surface area contributed by atoms with E-state index in [4.69, 9.17) is 4.74 Å². The van der Waals surface area contributed by atoms with Crippen molar-refractivity contribution in [2.45, 2.75) is 25.7 Å². The highest BCUT2D eigenvalue weighted by Gasteiger charge is 2.27. The second-order valence-electron chi connectivity index (χ2n) is 7.62. The lowest BCUT2D eigenvalue weighted by molar-refractivity contribution is -0.119. The first-order valence-electron chi connectivity index (χ1n) is 10.4. The van der Waals surface area contributed by atoms with Crippen molar-refractivity contribution in [3.63, 3.8) is 0 Å². The molecule has 3 rings (SSSR count). The van der Waals surface area contributed by atoms with Crippen molar-refractivity contribution in [1.82, 2.24) is 5.32 Å². The number of amides is 1. The van der Waals surface area contributed by atoms with Crippen LogP contribution in [0.4, 0.5) is 5.69 Å². The molecule has 1 amide bonds. The van der Waals surface area contributed by atoms with Gasteiger partial charge < -0.3 is 10.1 Å². The summed E-state index contributed by atoms with van der Waals surface area (Å²) in [5, 5.41) is 2.75. The number of nitrogens with zero attached hydrogens (tertiary/aromatic N) is 1. The Balaban J connectivity index is 1.71. The van der Waals surface area contributed by atoms with Gasteiger partial charge in [-0.1, -0.05) is 53.6 Å². The number of rotatable bonds is 9. The minimum atomic E-state index is -3.92. The van der Waals surface area contributed by atoms with Crippen LogP contribution in [0, 0.1) is 20.8 Å². The third-order valence-corrected chi connectivity index (χ3v) is 6.78. The van der Waals surface area contributed by atoms with Crippen LogP contribution in [0.1, 0.15) is 16.7 Å². The number of benzene rings is 3. The number of anilines is 1. The monoisotopic (exact) mass is 452 g/mol. The lowest BCUT2D eigenvalue weighted by Crippen LogP contribution is -2.41. The molecule has 3 aromatic carbocycles. The molecular weight excluding hydrogens is 424 g/mol. The van der Waals surface area contributed by atoms with Gasteiger partial charge in [0.1, 0.15) is 18.9 Å². The van der Waals surface area contributed by atoms with Gasteiger partial charge in [-0.25, -0.2) is 8.42 Å². The van der Waals surface area contributed by atoms with Gasteiger partial charge in [0.2, 0.25) is 5.91 Å². The van der Waals surface area contributed by atoms with Crippen molar-refractivity contribution in [2.75, 3.05) is 24.0 Å². The van der Waals surface area contributed by atoms with Crippen LogP contribution in [0.25, 0.3) is 0 Å². The molecule has 0 aliphatic rings. The summed E-state index contributed by atoms with van der Waals surface area (Å²) in [6, 6.07) is 21.3. The van der Waals surface area contributed by atoms with Crippen LogP contribution in [0.2, 0.25) is 0 Å². The zero-order valence-electron chi connectivity index (χ0n) is 18.5. The molecule has 0 radical (unpaired) electrons. The summed E-state index contributed by atoms with van der Waals surface area (Å²) in [5.74, 6) is 0.347. The topological polar surface area (TPSA) is 75.7 Å². The number of carbonyl (C=O) groups excluding carboxylic acids is 1. The number of sulfonamides is 1. The highest BCUT2D eigenvalue weighted by Crippen LogP contribution is 2.24. The molecule has 0 aliphatic heterocycles. The minimum absolute atomic E-state index is 0.138. The Morgan fingerprint density at radius 1 is 0.875 bits per heavy atom. The van der Waals surface area contributed by atoms with Crippen molar-refractivity contribution < 1.29 is 17.9 Å². The van der Waals surface area contributed by atoms with Gasteiger partial charge in [-0.2, -0.15) is 0 Å². The Morgan fingerprint density at radius 3 is 2.09 bits per heavy atom. The Labute approximate surface area is 189 Å². The van der Waals surface area contributed by atoms with E-state index in [2.05, 4.69) is 5.32 Å². The molecule has 0 saturated heterocycles. The van der Waals surface area contributed by atoms with E-state index in [1.54, 1.807) is 36.4 Å². The maximum absolute atomic E-state index is 13.3. The summed E-state index contributed by atoms with van der Waals surface area (Å²) in [6.07, 6.45) is 0. The largest absolute Gasteiger partial charge is 0.491 e. The number of aryl methyl sites for hydroxylation is 3. The van der Waals surface area contributed by atoms with Gasteiger partial charge in [-0.15, -0.1) is 0 Å². The molecule has 7 heteroatoms. The van der Waals surface area contributed by atoms with Crippen molar-refractivity contribution in [3.8, 4) is 5.75 Å². The maximum atomic E-state index is 13.3. The zero-order valence-corrected chi connectivity index (χ0v) is 19.4. The van der Waals surface area contributed by atoms with Crippen LogP contribution in [0.5, 0.6) is 5.75 Å².